The van der Waals surface area contributed by atoms with Gasteiger partial charge in [0, 0.05) is 32.3 Å². The molecule has 1 amide bonds. The molecule has 1 aliphatic rings. The van der Waals surface area contributed by atoms with Crippen LogP contribution >= 0.6 is 0 Å². The lowest BCUT2D eigenvalue weighted by Crippen LogP contribution is -2.39. The number of rotatable bonds is 5. The number of hydrogen-bond acceptors (Lipinski definition) is 4. The molecule has 0 bridgehead atoms. The molecule has 1 atom stereocenters. The van der Waals surface area contributed by atoms with Crippen LogP contribution in [0.25, 0.3) is 0 Å². The molecular formula is C10H18N2O3. The first-order valence-electron chi connectivity index (χ1n) is 4.99. The summed E-state index contributed by atoms with van der Waals surface area (Å²) in [7, 11) is 1.51. The van der Waals surface area contributed by atoms with Crippen molar-refractivity contribution in [3.05, 3.63) is 11.1 Å². The molecule has 1 rings (SSSR count). The van der Waals surface area contributed by atoms with E-state index in [1.54, 1.807) is 6.92 Å². The second kappa shape index (κ2) is 5.85. The zero-order valence-electron chi connectivity index (χ0n) is 9.17. The van der Waals surface area contributed by atoms with E-state index in [9.17, 15) is 9.90 Å². The van der Waals surface area contributed by atoms with Crippen molar-refractivity contribution in [2.75, 3.05) is 33.4 Å². The topological polar surface area (TPSA) is 70.6 Å². The Bertz CT molecular complexity index is 257. The van der Waals surface area contributed by atoms with Gasteiger partial charge in [0.25, 0.3) is 0 Å². The van der Waals surface area contributed by atoms with Crippen LogP contribution in [0.3, 0.4) is 0 Å². The molecule has 1 fully saturated rings. The van der Waals surface area contributed by atoms with Crippen molar-refractivity contribution in [1.29, 1.82) is 0 Å². The fourth-order valence-electron chi connectivity index (χ4n) is 1.27. The first-order valence-corrected chi connectivity index (χ1v) is 4.99. The largest absolute Gasteiger partial charge is 0.389 e. The highest BCUT2D eigenvalue weighted by molar-refractivity contribution is 5.93. The van der Waals surface area contributed by atoms with Crippen molar-refractivity contribution < 1.29 is 14.6 Å². The second-order valence-electron chi connectivity index (χ2n) is 3.65. The van der Waals surface area contributed by atoms with E-state index in [0.29, 0.717) is 0 Å². The van der Waals surface area contributed by atoms with Crippen LogP contribution < -0.4 is 10.6 Å². The molecule has 0 aromatic carbocycles. The summed E-state index contributed by atoms with van der Waals surface area (Å²) in [4.78, 5) is 11.5. The number of carbonyl (C=O) groups is 1. The highest BCUT2D eigenvalue weighted by Gasteiger charge is 2.16. The van der Waals surface area contributed by atoms with E-state index < -0.39 is 6.10 Å². The maximum absolute atomic E-state index is 11.5. The van der Waals surface area contributed by atoms with Gasteiger partial charge in [-0.25, -0.2) is 0 Å². The lowest BCUT2D eigenvalue weighted by Gasteiger charge is -2.21. The number of ether oxygens (including phenoxy) is 1. The maximum Gasteiger partial charge on any atom is 0.247 e. The van der Waals surface area contributed by atoms with Crippen LogP contribution in [0, 0.1) is 0 Å². The average molecular weight is 214 g/mol. The summed E-state index contributed by atoms with van der Waals surface area (Å²) >= 11 is 0. The first-order chi connectivity index (χ1) is 7.15. The standard InChI is InChI=1S/C10H18N2O3/c1-7(8-3-11-4-8)10(14)12-5-9(13)6-15-2/h9,11,13H,3-6H2,1-2H3,(H,12,14). The van der Waals surface area contributed by atoms with E-state index in [2.05, 4.69) is 10.6 Å². The fraction of sp³-hybridized carbons (Fsp3) is 0.700. The predicted octanol–water partition coefficient (Wildman–Crippen LogP) is -0.970. The van der Waals surface area contributed by atoms with E-state index in [1.807, 2.05) is 0 Å². The number of hydrogen-bond donors (Lipinski definition) is 3. The van der Waals surface area contributed by atoms with Crippen LogP contribution in [0.5, 0.6) is 0 Å². The van der Waals surface area contributed by atoms with E-state index >= 15 is 0 Å². The summed E-state index contributed by atoms with van der Waals surface area (Å²) in [5, 5.41) is 15.1. The molecule has 0 saturated carbocycles. The van der Waals surface area contributed by atoms with Crippen LogP contribution in [0.2, 0.25) is 0 Å². The first kappa shape index (κ1) is 12.2. The Morgan fingerprint density at radius 2 is 2.33 bits per heavy atom. The monoisotopic (exact) mass is 214 g/mol. The Labute approximate surface area is 89.5 Å². The van der Waals surface area contributed by atoms with Gasteiger partial charge in [-0.2, -0.15) is 0 Å². The van der Waals surface area contributed by atoms with Crippen molar-refractivity contribution in [3.8, 4) is 0 Å². The lowest BCUT2D eigenvalue weighted by atomic mass is 10.0. The SMILES string of the molecule is COCC(O)CNC(=O)C(C)=C1CNC1. The molecule has 5 nitrogen and oxygen atoms in total. The third-order valence-electron chi connectivity index (χ3n) is 2.40. The quantitative estimate of drug-likeness (QED) is 0.515. The van der Waals surface area contributed by atoms with Crippen LogP contribution in [-0.2, 0) is 9.53 Å². The van der Waals surface area contributed by atoms with Crippen LogP contribution in [0.4, 0.5) is 0 Å². The minimum atomic E-state index is -0.642. The van der Waals surface area contributed by atoms with Crippen LogP contribution in [0.1, 0.15) is 6.92 Å². The lowest BCUT2D eigenvalue weighted by molar-refractivity contribution is -0.118. The zero-order valence-corrected chi connectivity index (χ0v) is 9.17. The molecule has 0 radical (unpaired) electrons. The molecule has 5 heteroatoms. The van der Waals surface area contributed by atoms with E-state index in [1.165, 1.54) is 7.11 Å². The van der Waals surface area contributed by atoms with Crippen molar-refractivity contribution in [2.45, 2.75) is 13.0 Å². The van der Waals surface area contributed by atoms with E-state index in [0.717, 1.165) is 24.2 Å². The van der Waals surface area contributed by atoms with E-state index in [4.69, 9.17) is 4.74 Å². The molecular weight excluding hydrogens is 196 g/mol. The van der Waals surface area contributed by atoms with Crippen molar-refractivity contribution in [1.82, 2.24) is 10.6 Å². The Morgan fingerprint density at radius 3 is 2.80 bits per heavy atom. The van der Waals surface area contributed by atoms with Crippen LogP contribution in [0.15, 0.2) is 11.1 Å². The van der Waals surface area contributed by atoms with Gasteiger partial charge >= 0.3 is 0 Å². The van der Waals surface area contributed by atoms with Gasteiger partial charge in [0.05, 0.1) is 12.7 Å². The molecule has 1 aliphatic heterocycles. The Morgan fingerprint density at radius 1 is 1.67 bits per heavy atom. The van der Waals surface area contributed by atoms with E-state index in [-0.39, 0.29) is 19.1 Å². The molecule has 0 spiro atoms. The number of amides is 1. The predicted molar refractivity (Wildman–Crippen MR) is 56.5 cm³/mol. The Hall–Kier alpha value is -0.910. The van der Waals surface area contributed by atoms with Gasteiger partial charge in [-0.3, -0.25) is 4.79 Å². The maximum atomic E-state index is 11.5. The summed E-state index contributed by atoms with van der Waals surface area (Å²) in [5.74, 6) is -0.110. The Balaban J connectivity index is 2.29. The van der Waals surface area contributed by atoms with Gasteiger partial charge < -0.3 is 20.5 Å². The zero-order chi connectivity index (χ0) is 11.3. The number of nitrogens with one attached hydrogen (secondary N) is 2. The second-order valence-corrected chi connectivity index (χ2v) is 3.65. The fourth-order valence-corrected chi connectivity index (χ4v) is 1.27. The van der Waals surface area contributed by atoms with Gasteiger partial charge in [-0.1, -0.05) is 0 Å². The highest BCUT2D eigenvalue weighted by atomic mass is 16.5. The molecule has 86 valence electrons. The molecule has 1 saturated heterocycles. The summed E-state index contributed by atoms with van der Waals surface area (Å²) in [6.07, 6.45) is -0.642. The highest BCUT2D eigenvalue weighted by Crippen LogP contribution is 2.08. The smallest absolute Gasteiger partial charge is 0.247 e. The van der Waals surface area contributed by atoms with Gasteiger partial charge in [-0.05, 0) is 12.5 Å². The van der Waals surface area contributed by atoms with Crippen molar-refractivity contribution >= 4 is 5.91 Å². The van der Waals surface area contributed by atoms with Gasteiger partial charge in [-0.15, -0.1) is 0 Å². The molecule has 15 heavy (non-hydrogen) atoms. The minimum absolute atomic E-state index is 0.110. The normalized spacial score (nSPS) is 16.9. The average Bonchev–Trinajstić information content (AvgIpc) is 2.11. The minimum Gasteiger partial charge on any atom is -0.389 e. The van der Waals surface area contributed by atoms with Gasteiger partial charge in [0.15, 0.2) is 0 Å². The number of aliphatic hydroxyl groups excluding tert-OH is 1. The summed E-state index contributed by atoms with van der Waals surface area (Å²) < 4.78 is 4.75. The molecule has 1 unspecified atom stereocenters. The molecule has 3 N–H and O–H groups in total. The van der Waals surface area contributed by atoms with Crippen molar-refractivity contribution in [2.24, 2.45) is 0 Å². The Kier molecular flexibility index (Phi) is 4.74. The van der Waals surface area contributed by atoms with Crippen LogP contribution in [-0.4, -0.2) is 50.5 Å². The summed E-state index contributed by atoms with van der Waals surface area (Å²) in [5.41, 5.74) is 1.88. The number of methoxy groups -OCH3 is 1. The van der Waals surface area contributed by atoms with Crippen molar-refractivity contribution in [3.63, 3.8) is 0 Å². The third kappa shape index (κ3) is 3.62. The third-order valence-corrected chi connectivity index (χ3v) is 2.40. The van der Waals surface area contributed by atoms with Gasteiger partial charge in [0.2, 0.25) is 5.91 Å². The van der Waals surface area contributed by atoms with Gasteiger partial charge in [0.1, 0.15) is 0 Å². The summed E-state index contributed by atoms with van der Waals surface area (Å²) in [6.45, 7) is 3.84. The molecule has 0 aromatic heterocycles. The number of carbonyl (C=O) groups excluding carboxylic acids is 1. The molecule has 0 aromatic rings. The molecule has 0 aliphatic carbocycles. The molecule has 1 heterocycles. The summed E-state index contributed by atoms with van der Waals surface area (Å²) in [6, 6.07) is 0. The number of aliphatic hydroxyl groups is 1.